The van der Waals surface area contributed by atoms with Crippen LogP contribution in [0.15, 0.2) is 54.6 Å². The molecule has 116 valence electrons. The van der Waals surface area contributed by atoms with Crippen molar-refractivity contribution in [1.82, 2.24) is 5.32 Å². The van der Waals surface area contributed by atoms with Crippen molar-refractivity contribution in [3.05, 3.63) is 71.3 Å². The third-order valence-electron chi connectivity index (χ3n) is 3.09. The first-order valence-electron chi connectivity index (χ1n) is 6.87. The number of rotatable bonds is 6. The van der Waals surface area contributed by atoms with Gasteiger partial charge in [0.15, 0.2) is 0 Å². The average Bonchev–Trinajstić information content (AvgIpc) is 2.52. The molecular weight excluding hydrogens is 337 g/mol. The van der Waals surface area contributed by atoms with Crippen LogP contribution in [0.5, 0.6) is 0 Å². The summed E-state index contributed by atoms with van der Waals surface area (Å²) in [6.07, 6.45) is 0. The minimum atomic E-state index is -0.678. The summed E-state index contributed by atoms with van der Waals surface area (Å²) in [4.78, 5) is 11.6. The molecule has 0 unspecified atom stereocenters. The van der Waals surface area contributed by atoms with Gasteiger partial charge in [0.2, 0.25) is 0 Å². The zero-order valence-corrected chi connectivity index (χ0v) is 14.5. The number of thioether (sulfide) groups is 1. The SMILES string of the molecule is Cc1ccc(C(=O)N[C@H](SCc2ccccc2)C(Cl)Cl)cc1. The second-order valence-corrected chi connectivity index (χ2v) is 7.18. The Hall–Kier alpha value is -1.16. The van der Waals surface area contributed by atoms with Crippen LogP contribution in [0.2, 0.25) is 0 Å². The van der Waals surface area contributed by atoms with Gasteiger partial charge in [0.05, 0.1) is 0 Å². The molecule has 0 aliphatic heterocycles. The molecule has 0 bridgehead atoms. The van der Waals surface area contributed by atoms with Gasteiger partial charge in [0.25, 0.3) is 5.91 Å². The molecule has 0 spiro atoms. The van der Waals surface area contributed by atoms with Crippen molar-refractivity contribution in [3.63, 3.8) is 0 Å². The summed E-state index contributed by atoms with van der Waals surface area (Å²) in [5, 5.41) is 2.52. The van der Waals surface area contributed by atoms with E-state index in [0.29, 0.717) is 5.56 Å². The third-order valence-corrected chi connectivity index (χ3v) is 5.14. The molecule has 0 heterocycles. The van der Waals surface area contributed by atoms with Gasteiger partial charge in [0, 0.05) is 11.3 Å². The lowest BCUT2D eigenvalue weighted by atomic mass is 10.1. The number of aryl methyl sites for hydroxylation is 1. The smallest absolute Gasteiger partial charge is 0.252 e. The van der Waals surface area contributed by atoms with E-state index in [0.717, 1.165) is 16.9 Å². The van der Waals surface area contributed by atoms with Crippen LogP contribution in [-0.4, -0.2) is 16.1 Å². The third kappa shape index (κ3) is 5.24. The molecule has 0 radical (unpaired) electrons. The van der Waals surface area contributed by atoms with Gasteiger partial charge in [-0.1, -0.05) is 48.0 Å². The van der Waals surface area contributed by atoms with Crippen LogP contribution in [-0.2, 0) is 5.75 Å². The predicted molar refractivity (Wildman–Crippen MR) is 95.7 cm³/mol. The predicted octanol–water partition coefficient (Wildman–Crippen LogP) is 4.79. The molecule has 0 fully saturated rings. The number of hydrogen-bond acceptors (Lipinski definition) is 2. The maximum absolute atomic E-state index is 12.2. The fourth-order valence-electron chi connectivity index (χ4n) is 1.86. The number of hydrogen-bond donors (Lipinski definition) is 1. The van der Waals surface area contributed by atoms with Crippen LogP contribution < -0.4 is 5.32 Å². The van der Waals surface area contributed by atoms with Crippen LogP contribution in [0.3, 0.4) is 0 Å². The maximum Gasteiger partial charge on any atom is 0.252 e. The lowest BCUT2D eigenvalue weighted by Crippen LogP contribution is -2.36. The molecule has 1 amide bonds. The second kappa shape index (κ2) is 8.47. The number of alkyl halides is 2. The van der Waals surface area contributed by atoms with Gasteiger partial charge in [0.1, 0.15) is 10.2 Å². The lowest BCUT2D eigenvalue weighted by Gasteiger charge is -2.19. The monoisotopic (exact) mass is 353 g/mol. The van der Waals surface area contributed by atoms with Gasteiger partial charge < -0.3 is 5.32 Å². The standard InChI is InChI=1S/C17H17Cl2NOS/c1-12-7-9-14(10-8-12)16(21)20-17(15(18)19)22-11-13-5-3-2-4-6-13/h2-10,15,17H,11H2,1H3,(H,20,21)/t17-/m1/s1. The first kappa shape index (κ1) is 17.2. The molecule has 0 aromatic heterocycles. The molecule has 1 atom stereocenters. The topological polar surface area (TPSA) is 29.1 Å². The summed E-state index contributed by atoms with van der Waals surface area (Å²) < 4.78 is 0. The Bertz CT molecular complexity index is 602. The molecule has 2 aromatic rings. The van der Waals surface area contributed by atoms with E-state index >= 15 is 0 Å². The Labute approximate surface area is 145 Å². The minimum Gasteiger partial charge on any atom is -0.337 e. The normalized spacial score (nSPS) is 12.2. The summed E-state index contributed by atoms with van der Waals surface area (Å²) in [5.74, 6) is 0.562. The molecule has 2 rings (SSSR count). The summed E-state index contributed by atoms with van der Waals surface area (Å²) in [6.45, 7) is 1.98. The first-order chi connectivity index (χ1) is 10.6. The van der Waals surface area contributed by atoms with Crippen LogP contribution >= 0.6 is 35.0 Å². The van der Waals surface area contributed by atoms with E-state index in [9.17, 15) is 4.79 Å². The van der Waals surface area contributed by atoms with Gasteiger partial charge >= 0.3 is 0 Å². The number of amides is 1. The van der Waals surface area contributed by atoms with Gasteiger partial charge in [-0.25, -0.2) is 0 Å². The van der Waals surface area contributed by atoms with Gasteiger partial charge in [-0.05, 0) is 24.6 Å². The Balaban J connectivity index is 1.96. The fourth-order valence-corrected chi connectivity index (χ4v) is 3.32. The second-order valence-electron chi connectivity index (χ2n) is 4.89. The number of benzene rings is 2. The lowest BCUT2D eigenvalue weighted by molar-refractivity contribution is 0.0951. The van der Waals surface area contributed by atoms with E-state index in [1.807, 2.05) is 49.4 Å². The van der Waals surface area contributed by atoms with Gasteiger partial charge in [-0.2, -0.15) is 0 Å². The van der Waals surface area contributed by atoms with E-state index in [1.54, 1.807) is 12.1 Å². The largest absolute Gasteiger partial charge is 0.337 e. The average molecular weight is 354 g/mol. The number of carbonyl (C=O) groups excluding carboxylic acids is 1. The zero-order chi connectivity index (χ0) is 15.9. The van der Waals surface area contributed by atoms with Crippen molar-refractivity contribution in [1.29, 1.82) is 0 Å². The highest BCUT2D eigenvalue weighted by Gasteiger charge is 2.20. The summed E-state index contributed by atoms with van der Waals surface area (Å²) >= 11 is 13.5. The van der Waals surface area contributed by atoms with Crippen LogP contribution in [0, 0.1) is 6.92 Å². The van der Waals surface area contributed by atoms with E-state index in [4.69, 9.17) is 23.2 Å². The molecule has 2 aromatic carbocycles. The molecule has 0 aliphatic carbocycles. The maximum atomic E-state index is 12.2. The zero-order valence-electron chi connectivity index (χ0n) is 12.1. The van der Waals surface area contributed by atoms with Crippen molar-refractivity contribution in [2.24, 2.45) is 0 Å². The summed E-state index contributed by atoms with van der Waals surface area (Å²) in [7, 11) is 0. The van der Waals surface area contributed by atoms with Gasteiger partial charge in [-0.15, -0.1) is 35.0 Å². The molecule has 0 saturated heterocycles. The van der Waals surface area contributed by atoms with E-state index in [1.165, 1.54) is 11.8 Å². The van der Waals surface area contributed by atoms with Gasteiger partial charge in [-0.3, -0.25) is 4.79 Å². The van der Waals surface area contributed by atoms with Crippen molar-refractivity contribution < 1.29 is 4.79 Å². The molecule has 1 N–H and O–H groups in total. The molecule has 5 heteroatoms. The Morgan fingerprint density at radius 1 is 1.09 bits per heavy atom. The fraction of sp³-hybridized carbons (Fsp3) is 0.235. The highest BCUT2D eigenvalue weighted by Crippen LogP contribution is 2.24. The molecule has 0 aliphatic rings. The van der Waals surface area contributed by atoms with E-state index in [-0.39, 0.29) is 11.3 Å². The van der Waals surface area contributed by atoms with Crippen molar-refractivity contribution in [2.45, 2.75) is 22.9 Å². The van der Waals surface area contributed by atoms with Crippen LogP contribution in [0.25, 0.3) is 0 Å². The first-order valence-corrected chi connectivity index (χ1v) is 8.79. The molecule has 0 saturated carbocycles. The highest BCUT2D eigenvalue weighted by molar-refractivity contribution is 7.99. The van der Waals surface area contributed by atoms with Crippen molar-refractivity contribution in [2.75, 3.05) is 0 Å². The Morgan fingerprint density at radius 3 is 2.32 bits per heavy atom. The quantitative estimate of drug-likeness (QED) is 0.597. The molecular formula is C17H17Cl2NOS. The number of halogens is 2. The van der Waals surface area contributed by atoms with Crippen LogP contribution in [0.1, 0.15) is 21.5 Å². The minimum absolute atomic E-state index is 0.170. The highest BCUT2D eigenvalue weighted by atomic mass is 35.5. The van der Waals surface area contributed by atoms with Crippen LogP contribution in [0.4, 0.5) is 0 Å². The summed E-state index contributed by atoms with van der Waals surface area (Å²) in [6, 6.07) is 17.4. The van der Waals surface area contributed by atoms with E-state index < -0.39 is 4.84 Å². The number of carbonyl (C=O) groups is 1. The number of nitrogens with one attached hydrogen (secondary N) is 1. The molecule has 22 heavy (non-hydrogen) atoms. The van der Waals surface area contributed by atoms with Crippen molar-refractivity contribution >= 4 is 40.9 Å². The Morgan fingerprint density at radius 2 is 1.73 bits per heavy atom. The summed E-state index contributed by atoms with van der Waals surface area (Å²) in [5.41, 5.74) is 2.88. The Kier molecular flexibility index (Phi) is 6.62. The molecule has 2 nitrogen and oxygen atoms in total. The van der Waals surface area contributed by atoms with Crippen molar-refractivity contribution in [3.8, 4) is 0 Å². The van der Waals surface area contributed by atoms with E-state index in [2.05, 4.69) is 5.32 Å².